The zero-order valence-corrected chi connectivity index (χ0v) is 27.5. The maximum atomic E-state index is 12.7. The number of aliphatic hydroxyl groups is 1. The zero-order chi connectivity index (χ0) is 39.2. The molecule has 22 nitrogen and oxygen atoms in total. The molecular formula is C30H36N7O15-3. The van der Waals surface area contributed by atoms with Crippen LogP contribution in [-0.2, 0) is 38.4 Å². The van der Waals surface area contributed by atoms with Gasteiger partial charge < -0.3 is 75.5 Å². The summed E-state index contributed by atoms with van der Waals surface area (Å²) in [5.74, 6) is -12.0. The average Bonchev–Trinajstić information content (AvgIpc) is 3.03. The number of amides is 4. The molecule has 10 N–H and O–H groups in total. The summed E-state index contributed by atoms with van der Waals surface area (Å²) in [6.07, 6.45) is -2.61. The molecule has 0 aliphatic carbocycles. The number of hydrogen-bond donors (Lipinski definition) is 8. The number of carbonyl (C=O) groups excluding carboxylic acids is 8. The predicted molar refractivity (Wildman–Crippen MR) is 162 cm³/mol. The van der Waals surface area contributed by atoms with Gasteiger partial charge in [-0.05, 0) is 36.6 Å². The number of carboxylic acids is 4. The summed E-state index contributed by atoms with van der Waals surface area (Å²) in [6.45, 7) is -0.0538. The number of nitrogens with one attached hydrogen (secondary N) is 5. The molecule has 284 valence electrons. The van der Waals surface area contributed by atoms with Crippen molar-refractivity contribution in [1.29, 1.82) is 0 Å². The quantitative estimate of drug-likeness (QED) is 0.0251. The SMILES string of the molecule is COc1ccc(/C=C2\NC(=O)[C@H](CCC[NH+]=C(N)N)NC2=O)cc1OCC[C@H](NC(=O)C[C@](O)(CC(=O)N[C@@H](CC(=O)[O-])C(=O)[O-])C(=O)[O-])C(=O)[O-]. The molecule has 1 aliphatic heterocycles. The van der Waals surface area contributed by atoms with Gasteiger partial charge in [0.15, 0.2) is 11.5 Å². The van der Waals surface area contributed by atoms with Crippen LogP contribution in [0.2, 0.25) is 0 Å². The van der Waals surface area contributed by atoms with Crippen LogP contribution in [0.3, 0.4) is 0 Å². The zero-order valence-electron chi connectivity index (χ0n) is 27.5. The Bertz CT molecular complexity index is 1630. The fourth-order valence-corrected chi connectivity index (χ4v) is 4.61. The van der Waals surface area contributed by atoms with Crippen molar-refractivity contribution < 1.29 is 78.4 Å². The first-order valence-electron chi connectivity index (χ1n) is 15.2. The third kappa shape index (κ3) is 13.1. The van der Waals surface area contributed by atoms with Crippen LogP contribution in [0.4, 0.5) is 0 Å². The number of hydrogen-bond acceptors (Lipinski definition) is 15. The van der Waals surface area contributed by atoms with E-state index in [9.17, 15) is 63.9 Å². The Morgan fingerprint density at radius 2 is 1.62 bits per heavy atom. The van der Waals surface area contributed by atoms with Gasteiger partial charge in [0.1, 0.15) is 17.3 Å². The molecule has 0 unspecified atom stereocenters. The molecule has 52 heavy (non-hydrogen) atoms. The molecule has 1 aromatic carbocycles. The van der Waals surface area contributed by atoms with Gasteiger partial charge in [-0.3, -0.25) is 35.6 Å². The van der Waals surface area contributed by atoms with Crippen LogP contribution >= 0.6 is 0 Å². The summed E-state index contributed by atoms with van der Waals surface area (Å²) in [6, 6.07) is -0.449. The number of rotatable bonds is 21. The van der Waals surface area contributed by atoms with Crippen molar-refractivity contribution in [3.05, 3.63) is 29.5 Å². The smallest absolute Gasteiger partial charge is 0.338 e. The monoisotopic (exact) mass is 734 g/mol. The van der Waals surface area contributed by atoms with E-state index in [1.54, 1.807) is 5.32 Å². The van der Waals surface area contributed by atoms with Crippen LogP contribution in [0, 0.1) is 0 Å². The highest BCUT2D eigenvalue weighted by molar-refractivity contribution is 6.07. The summed E-state index contributed by atoms with van der Waals surface area (Å²) in [7, 11) is 1.30. The minimum atomic E-state index is -3.30. The fraction of sp³-hybridized carbons (Fsp3) is 0.433. The predicted octanol–water partition coefficient (Wildman–Crippen LogP) is -10.6. The number of nitrogens with two attached hydrogens (primary N) is 2. The Morgan fingerprint density at radius 1 is 1.00 bits per heavy atom. The molecule has 1 fully saturated rings. The van der Waals surface area contributed by atoms with E-state index in [0.29, 0.717) is 24.9 Å². The van der Waals surface area contributed by atoms with Crippen LogP contribution < -0.4 is 67.6 Å². The molecule has 1 aromatic rings. The normalized spacial score (nSPS) is 16.9. The van der Waals surface area contributed by atoms with Crippen molar-refractivity contribution in [3.8, 4) is 11.5 Å². The van der Waals surface area contributed by atoms with Gasteiger partial charge in [0.25, 0.3) is 5.91 Å². The summed E-state index contributed by atoms with van der Waals surface area (Å²) in [5, 5.41) is 64.1. The summed E-state index contributed by atoms with van der Waals surface area (Å²) in [5.41, 5.74) is 7.61. The minimum Gasteiger partial charge on any atom is -0.550 e. The Hall–Kier alpha value is -6.45. The van der Waals surface area contributed by atoms with E-state index in [0.717, 1.165) is 0 Å². The molecule has 1 heterocycles. The molecule has 1 saturated heterocycles. The molecule has 4 atom stereocenters. The number of benzene rings is 1. The van der Waals surface area contributed by atoms with Crippen LogP contribution in [-0.4, -0.2) is 103 Å². The maximum absolute atomic E-state index is 12.7. The molecule has 4 amide bonds. The lowest BCUT2D eigenvalue weighted by Gasteiger charge is -2.30. The Labute approximate surface area is 294 Å². The molecule has 0 spiro atoms. The summed E-state index contributed by atoms with van der Waals surface area (Å²) >= 11 is 0. The number of ether oxygens (including phenoxy) is 2. The van der Waals surface area contributed by atoms with Gasteiger partial charge in [-0.25, -0.2) is 0 Å². The summed E-state index contributed by atoms with van der Waals surface area (Å²) < 4.78 is 10.8. The van der Waals surface area contributed by atoms with E-state index in [4.69, 9.17) is 20.9 Å². The fourth-order valence-electron chi connectivity index (χ4n) is 4.61. The van der Waals surface area contributed by atoms with Gasteiger partial charge in [-0.2, -0.15) is 0 Å². The Kier molecular flexibility index (Phi) is 15.3. The highest BCUT2D eigenvalue weighted by atomic mass is 16.5. The van der Waals surface area contributed by atoms with E-state index >= 15 is 0 Å². The van der Waals surface area contributed by atoms with Crippen LogP contribution in [0.5, 0.6) is 11.5 Å². The van der Waals surface area contributed by atoms with Crippen molar-refractivity contribution in [3.63, 3.8) is 0 Å². The molecule has 0 aromatic heterocycles. The van der Waals surface area contributed by atoms with Gasteiger partial charge in [0.2, 0.25) is 17.7 Å². The van der Waals surface area contributed by atoms with Gasteiger partial charge in [0.05, 0.1) is 63.1 Å². The lowest BCUT2D eigenvalue weighted by Crippen LogP contribution is -2.78. The highest BCUT2D eigenvalue weighted by Crippen LogP contribution is 2.29. The van der Waals surface area contributed by atoms with E-state index in [2.05, 4.69) is 15.6 Å². The van der Waals surface area contributed by atoms with Crippen LogP contribution in [0.15, 0.2) is 23.9 Å². The van der Waals surface area contributed by atoms with Crippen molar-refractivity contribution in [2.24, 2.45) is 11.5 Å². The number of carbonyl (C=O) groups is 8. The third-order valence-electron chi connectivity index (χ3n) is 7.18. The van der Waals surface area contributed by atoms with Crippen molar-refractivity contribution in [1.82, 2.24) is 21.3 Å². The molecule has 2 rings (SSSR count). The number of carboxylic acid groups (broad SMARTS) is 4. The molecule has 0 bridgehead atoms. The first-order valence-corrected chi connectivity index (χ1v) is 15.2. The second kappa shape index (κ2) is 19.1. The van der Waals surface area contributed by atoms with Crippen molar-refractivity contribution in [2.75, 3.05) is 20.3 Å². The van der Waals surface area contributed by atoms with Gasteiger partial charge in [-0.1, -0.05) is 6.07 Å². The van der Waals surface area contributed by atoms with E-state index in [-0.39, 0.29) is 23.2 Å². The second-order valence-electron chi connectivity index (χ2n) is 11.3. The van der Waals surface area contributed by atoms with E-state index in [1.165, 1.54) is 31.4 Å². The summed E-state index contributed by atoms with van der Waals surface area (Å²) in [4.78, 5) is 97.7. The Balaban J connectivity index is 2.06. The van der Waals surface area contributed by atoms with Crippen LogP contribution in [0.1, 0.15) is 44.1 Å². The number of methoxy groups -OCH3 is 1. The first kappa shape index (κ1) is 41.7. The van der Waals surface area contributed by atoms with Gasteiger partial charge in [0, 0.05) is 18.8 Å². The van der Waals surface area contributed by atoms with E-state index in [1.807, 2.05) is 5.32 Å². The molecule has 22 heteroatoms. The van der Waals surface area contributed by atoms with Gasteiger partial charge >= 0.3 is 5.96 Å². The van der Waals surface area contributed by atoms with Crippen molar-refractivity contribution in [2.45, 2.75) is 62.3 Å². The van der Waals surface area contributed by atoms with Gasteiger partial charge in [-0.15, -0.1) is 0 Å². The lowest BCUT2D eigenvalue weighted by atomic mass is 9.94. The van der Waals surface area contributed by atoms with Crippen LogP contribution in [0.25, 0.3) is 6.08 Å². The molecule has 0 radical (unpaired) electrons. The largest absolute Gasteiger partial charge is 0.550 e. The van der Waals surface area contributed by atoms with E-state index < -0.39 is 104 Å². The number of aliphatic carboxylic acids is 4. The maximum Gasteiger partial charge on any atom is 0.338 e. The molecule has 1 aliphatic rings. The number of guanidine groups is 1. The number of piperazine rings is 1. The average molecular weight is 735 g/mol. The highest BCUT2D eigenvalue weighted by Gasteiger charge is 2.36. The standard InChI is InChI=1S/C30H39N7O15/c1-51-19-5-4-14(9-17-25(43)36-15(24(42)37-17)3-2-7-33-29(31)32)10-20(19)52-8-6-16(26(44)45)34-21(38)12-30(50,28(48)49)13-22(39)35-18(27(46)47)11-23(40)41/h4-5,9-10,15-16,18,50H,2-3,6-8,11-13H2,1H3,(H,34,38)(H,35,39)(H,36,43)(H,37,42)(H,40,41)(H,44,45)(H,46,47)(H,48,49)(H4,31,32,33)/p-3/b17-9-/t15-,16-,18-,30-/m0/s1. The third-order valence-corrected chi connectivity index (χ3v) is 7.18. The lowest BCUT2D eigenvalue weighted by molar-refractivity contribution is -0.459. The molecular weight excluding hydrogens is 698 g/mol. The van der Waals surface area contributed by atoms with Crippen molar-refractivity contribution >= 4 is 59.5 Å². The molecule has 0 saturated carbocycles. The topological polar surface area (TPSA) is 382 Å². The second-order valence-corrected chi connectivity index (χ2v) is 11.3. The minimum absolute atomic E-state index is 0.0201. The Morgan fingerprint density at radius 3 is 2.15 bits per heavy atom. The first-order chi connectivity index (χ1) is 24.3.